The van der Waals surface area contributed by atoms with Gasteiger partial charge in [-0.15, -0.1) is 0 Å². The van der Waals surface area contributed by atoms with E-state index in [1.807, 2.05) is 6.08 Å². The van der Waals surface area contributed by atoms with Crippen LogP contribution in [0.15, 0.2) is 24.3 Å². The lowest BCUT2D eigenvalue weighted by Gasteiger charge is -2.42. The highest BCUT2D eigenvalue weighted by molar-refractivity contribution is 9.09. The molecular formula is C13H19BrO. The smallest absolute Gasteiger partial charge is 0.152 e. The van der Waals surface area contributed by atoms with Gasteiger partial charge in [0.05, 0.1) is 0 Å². The van der Waals surface area contributed by atoms with Crippen molar-refractivity contribution in [2.24, 2.45) is 11.3 Å². The lowest BCUT2D eigenvalue weighted by molar-refractivity contribution is -0.112. The molecule has 1 aliphatic rings. The van der Waals surface area contributed by atoms with Gasteiger partial charge in [-0.1, -0.05) is 48.0 Å². The van der Waals surface area contributed by atoms with Gasteiger partial charge in [-0.25, -0.2) is 0 Å². The van der Waals surface area contributed by atoms with Gasteiger partial charge in [-0.3, -0.25) is 4.79 Å². The topological polar surface area (TPSA) is 17.1 Å². The molecule has 1 saturated carbocycles. The summed E-state index contributed by atoms with van der Waals surface area (Å²) in [5.41, 5.74) is 1.38. The number of allylic oxidation sites excluding steroid dienone is 3. The minimum Gasteiger partial charge on any atom is -0.295 e. The Kier molecular flexibility index (Phi) is 3.93. The number of carbonyl (C=O) groups excluding carboxylic acids is 1. The van der Waals surface area contributed by atoms with Crippen LogP contribution in [0.5, 0.6) is 0 Å². The molecule has 0 saturated heterocycles. The first-order valence-electron chi connectivity index (χ1n) is 5.36. The summed E-state index contributed by atoms with van der Waals surface area (Å²) in [7, 11) is 0. The predicted molar refractivity (Wildman–Crippen MR) is 68.2 cm³/mol. The van der Waals surface area contributed by atoms with Crippen molar-refractivity contribution in [1.82, 2.24) is 0 Å². The van der Waals surface area contributed by atoms with Crippen LogP contribution in [0.4, 0.5) is 0 Å². The summed E-state index contributed by atoms with van der Waals surface area (Å²) in [5.74, 6) is 0.412. The zero-order valence-corrected chi connectivity index (χ0v) is 11.3. The maximum atomic E-state index is 11.0. The van der Waals surface area contributed by atoms with Gasteiger partial charge in [0.1, 0.15) is 0 Å². The van der Waals surface area contributed by atoms with E-state index in [1.165, 1.54) is 5.57 Å². The predicted octanol–water partition coefficient (Wildman–Crippen LogP) is 3.89. The molecule has 2 atom stereocenters. The standard InChI is InChI=1S/C13H19BrO/c1-9-5-8-12(14)13(3,4)11(9)7-6-10(2)15/h6-7,11-12H,1,5,8H2,2-4H3. The first kappa shape index (κ1) is 12.7. The van der Waals surface area contributed by atoms with Crippen molar-refractivity contribution in [2.45, 2.75) is 38.4 Å². The fourth-order valence-corrected chi connectivity index (χ4v) is 2.69. The summed E-state index contributed by atoms with van der Waals surface area (Å²) >= 11 is 3.72. The van der Waals surface area contributed by atoms with Gasteiger partial charge >= 0.3 is 0 Å². The number of carbonyl (C=O) groups is 1. The molecule has 1 rings (SSSR count). The Bertz CT molecular complexity index is 302. The number of hydrogen-bond acceptors (Lipinski definition) is 1. The molecule has 0 heterocycles. The van der Waals surface area contributed by atoms with Gasteiger partial charge in [0.15, 0.2) is 5.78 Å². The van der Waals surface area contributed by atoms with Crippen molar-refractivity contribution in [3.63, 3.8) is 0 Å². The highest BCUT2D eigenvalue weighted by atomic mass is 79.9. The summed E-state index contributed by atoms with van der Waals surface area (Å²) in [4.78, 5) is 11.5. The summed E-state index contributed by atoms with van der Waals surface area (Å²) in [5, 5.41) is 0. The average molecular weight is 271 g/mol. The van der Waals surface area contributed by atoms with E-state index in [0.29, 0.717) is 10.7 Å². The fourth-order valence-electron chi connectivity index (χ4n) is 2.18. The van der Waals surface area contributed by atoms with Crippen LogP contribution in [-0.2, 0) is 4.79 Å². The Hall–Kier alpha value is -0.370. The maximum absolute atomic E-state index is 11.0. The molecule has 2 unspecified atom stereocenters. The van der Waals surface area contributed by atoms with Crippen LogP contribution in [0.1, 0.15) is 33.6 Å². The lowest BCUT2D eigenvalue weighted by Crippen LogP contribution is -2.37. The second-order valence-electron chi connectivity index (χ2n) is 4.93. The lowest BCUT2D eigenvalue weighted by atomic mass is 9.66. The first-order valence-corrected chi connectivity index (χ1v) is 6.27. The number of hydrogen-bond donors (Lipinski definition) is 0. The zero-order chi connectivity index (χ0) is 11.6. The summed E-state index contributed by atoms with van der Waals surface area (Å²) in [6, 6.07) is 0. The highest BCUT2D eigenvalue weighted by Crippen LogP contribution is 2.47. The van der Waals surface area contributed by atoms with Gasteiger partial charge in [-0.05, 0) is 31.3 Å². The average Bonchev–Trinajstić information content (AvgIpc) is 2.11. The van der Waals surface area contributed by atoms with Crippen LogP contribution >= 0.6 is 15.9 Å². The number of ketones is 1. The number of rotatable bonds is 2. The van der Waals surface area contributed by atoms with Crippen LogP contribution in [0, 0.1) is 11.3 Å². The Balaban J connectivity index is 2.90. The largest absolute Gasteiger partial charge is 0.295 e. The molecule has 84 valence electrons. The highest BCUT2D eigenvalue weighted by Gasteiger charge is 2.39. The normalized spacial score (nSPS) is 30.8. The molecule has 1 fully saturated rings. The van der Waals surface area contributed by atoms with Crippen LogP contribution in [0.3, 0.4) is 0 Å². The van der Waals surface area contributed by atoms with Gasteiger partial charge < -0.3 is 0 Å². The molecule has 1 nitrogen and oxygen atoms in total. The van der Waals surface area contributed by atoms with E-state index < -0.39 is 0 Å². The fraction of sp³-hybridized carbons (Fsp3) is 0.615. The van der Waals surface area contributed by atoms with Gasteiger partial charge in [0.2, 0.25) is 0 Å². The van der Waals surface area contributed by atoms with E-state index in [1.54, 1.807) is 13.0 Å². The molecule has 2 heteroatoms. The molecule has 1 aliphatic carbocycles. The van der Waals surface area contributed by atoms with Crippen molar-refractivity contribution in [2.75, 3.05) is 0 Å². The number of halogens is 1. The van der Waals surface area contributed by atoms with E-state index >= 15 is 0 Å². The van der Waals surface area contributed by atoms with E-state index in [0.717, 1.165) is 12.8 Å². The first-order chi connectivity index (χ1) is 6.85. The van der Waals surface area contributed by atoms with Crippen molar-refractivity contribution in [3.8, 4) is 0 Å². The summed E-state index contributed by atoms with van der Waals surface area (Å²) in [6.07, 6.45) is 5.86. The third-order valence-corrected chi connectivity index (χ3v) is 4.93. The SMILES string of the molecule is C=C1CCC(Br)C(C)(C)C1C=CC(C)=O. The Morgan fingerprint density at radius 1 is 1.60 bits per heavy atom. The Morgan fingerprint density at radius 3 is 2.73 bits per heavy atom. The molecule has 15 heavy (non-hydrogen) atoms. The molecular weight excluding hydrogens is 252 g/mol. The van der Waals surface area contributed by atoms with Gasteiger partial charge in [0.25, 0.3) is 0 Å². The van der Waals surface area contributed by atoms with Crippen molar-refractivity contribution in [1.29, 1.82) is 0 Å². The van der Waals surface area contributed by atoms with Crippen molar-refractivity contribution in [3.05, 3.63) is 24.3 Å². The van der Waals surface area contributed by atoms with Crippen LogP contribution in [-0.4, -0.2) is 10.6 Å². The molecule has 0 bridgehead atoms. The van der Waals surface area contributed by atoms with Gasteiger partial charge in [0, 0.05) is 10.7 Å². The molecule has 0 aromatic rings. The summed E-state index contributed by atoms with van der Waals surface area (Å²) < 4.78 is 0. The molecule has 0 aliphatic heterocycles. The van der Waals surface area contributed by atoms with Crippen molar-refractivity contribution < 1.29 is 4.79 Å². The molecule has 0 aromatic heterocycles. The van der Waals surface area contributed by atoms with E-state index in [9.17, 15) is 4.79 Å². The van der Waals surface area contributed by atoms with Gasteiger partial charge in [-0.2, -0.15) is 0 Å². The summed E-state index contributed by atoms with van der Waals surface area (Å²) in [6.45, 7) is 10.2. The minimum atomic E-state index is 0.107. The molecule has 0 amide bonds. The Morgan fingerprint density at radius 2 is 2.20 bits per heavy atom. The van der Waals surface area contributed by atoms with Crippen LogP contribution in [0.2, 0.25) is 0 Å². The number of alkyl halides is 1. The van der Waals surface area contributed by atoms with Crippen molar-refractivity contribution >= 4 is 21.7 Å². The second-order valence-corrected chi connectivity index (χ2v) is 6.04. The van der Waals surface area contributed by atoms with Crippen LogP contribution in [0.25, 0.3) is 0 Å². The third-order valence-electron chi connectivity index (χ3n) is 3.29. The Labute approximate surface area is 101 Å². The molecule has 0 aromatic carbocycles. The van der Waals surface area contributed by atoms with E-state index in [4.69, 9.17) is 0 Å². The van der Waals surface area contributed by atoms with Crippen LogP contribution < -0.4 is 0 Å². The maximum Gasteiger partial charge on any atom is 0.152 e. The monoisotopic (exact) mass is 270 g/mol. The minimum absolute atomic E-state index is 0.107. The molecule has 0 spiro atoms. The zero-order valence-electron chi connectivity index (χ0n) is 9.72. The second kappa shape index (κ2) is 4.65. The third kappa shape index (κ3) is 2.81. The quantitative estimate of drug-likeness (QED) is 0.423. The molecule has 0 N–H and O–H groups in total. The van der Waals surface area contributed by atoms with E-state index in [-0.39, 0.29) is 11.2 Å². The van der Waals surface area contributed by atoms with E-state index in [2.05, 4.69) is 36.4 Å². The molecule has 0 radical (unpaired) electrons.